The first-order valence-corrected chi connectivity index (χ1v) is 11.5. The lowest BCUT2D eigenvalue weighted by molar-refractivity contribution is 0.0696. The Morgan fingerprint density at radius 1 is 1.13 bits per heavy atom. The van der Waals surface area contributed by atoms with E-state index in [0.717, 1.165) is 48.5 Å². The van der Waals surface area contributed by atoms with Crippen molar-refractivity contribution in [3.63, 3.8) is 0 Å². The van der Waals surface area contributed by atoms with Crippen molar-refractivity contribution in [3.8, 4) is 0 Å². The number of carboxylic acids is 1. The maximum Gasteiger partial charge on any atom is 0.335 e. The molecule has 0 radical (unpaired) electrons. The summed E-state index contributed by atoms with van der Waals surface area (Å²) in [5, 5.41) is 9.27. The lowest BCUT2D eigenvalue weighted by atomic mass is 10.0. The van der Waals surface area contributed by atoms with E-state index in [1.165, 1.54) is 26.4 Å². The molecule has 0 saturated carbocycles. The van der Waals surface area contributed by atoms with Gasteiger partial charge in [0.25, 0.3) is 0 Å². The number of thiophene rings is 1. The van der Waals surface area contributed by atoms with Gasteiger partial charge in [0.2, 0.25) is 0 Å². The molecule has 0 bridgehead atoms. The molecule has 5 nitrogen and oxygen atoms in total. The van der Waals surface area contributed by atoms with Gasteiger partial charge in [0.15, 0.2) is 5.65 Å². The first kappa shape index (κ1) is 19.9. The molecule has 1 unspecified atom stereocenters. The third-order valence-electron chi connectivity index (χ3n) is 6.20. The third-order valence-corrected chi connectivity index (χ3v) is 7.43. The molecule has 3 heterocycles. The second-order valence-corrected chi connectivity index (χ2v) is 9.62. The van der Waals surface area contributed by atoms with E-state index < -0.39 is 5.97 Å². The summed E-state index contributed by atoms with van der Waals surface area (Å²) in [6.45, 7) is 7.06. The average Bonchev–Trinajstić information content (AvgIpc) is 3.44. The Balaban J connectivity index is 1.42. The van der Waals surface area contributed by atoms with E-state index in [4.69, 9.17) is 9.97 Å². The van der Waals surface area contributed by atoms with E-state index in [2.05, 4.69) is 36.6 Å². The van der Waals surface area contributed by atoms with Crippen molar-refractivity contribution in [2.45, 2.75) is 52.5 Å². The maximum atomic E-state index is 11.3. The number of carbonyl (C=O) groups is 1. The van der Waals surface area contributed by atoms with Crippen molar-refractivity contribution in [1.29, 1.82) is 0 Å². The molecule has 1 N–H and O–H groups in total. The van der Waals surface area contributed by atoms with Gasteiger partial charge in [0.1, 0.15) is 11.3 Å². The second kappa shape index (κ2) is 7.61. The van der Waals surface area contributed by atoms with Crippen molar-refractivity contribution in [3.05, 3.63) is 79.9 Å². The lowest BCUT2D eigenvalue weighted by Crippen LogP contribution is -2.04. The van der Waals surface area contributed by atoms with Crippen LogP contribution in [0.2, 0.25) is 0 Å². The van der Waals surface area contributed by atoms with Crippen molar-refractivity contribution >= 4 is 28.5 Å². The number of hydrogen-bond acceptors (Lipinski definition) is 4. The van der Waals surface area contributed by atoms with Gasteiger partial charge in [-0.1, -0.05) is 13.0 Å². The van der Waals surface area contributed by atoms with Gasteiger partial charge in [-0.25, -0.2) is 14.8 Å². The quantitative estimate of drug-likeness (QED) is 0.465. The number of carboxylic acid groups (broad SMARTS) is 1. The monoisotopic (exact) mass is 431 g/mol. The highest BCUT2D eigenvalue weighted by Crippen LogP contribution is 2.38. The zero-order chi connectivity index (χ0) is 21.7. The van der Waals surface area contributed by atoms with Crippen LogP contribution in [0.5, 0.6) is 0 Å². The normalized spacial score (nSPS) is 15.5. The van der Waals surface area contributed by atoms with Crippen LogP contribution >= 0.6 is 11.3 Å². The summed E-state index contributed by atoms with van der Waals surface area (Å²) in [4.78, 5) is 23.6. The van der Waals surface area contributed by atoms with Crippen LogP contribution < -0.4 is 0 Å². The highest BCUT2D eigenvalue weighted by molar-refractivity contribution is 7.12. The Morgan fingerprint density at radius 3 is 2.71 bits per heavy atom. The Bertz CT molecular complexity index is 1320. The fourth-order valence-corrected chi connectivity index (χ4v) is 5.79. The molecule has 1 aliphatic rings. The third kappa shape index (κ3) is 3.55. The molecular formula is C25H25N3O2S. The summed E-state index contributed by atoms with van der Waals surface area (Å²) in [6.07, 6.45) is 2.75. The van der Waals surface area contributed by atoms with Crippen LogP contribution in [0, 0.1) is 13.8 Å². The zero-order valence-electron chi connectivity index (χ0n) is 18.0. The van der Waals surface area contributed by atoms with Crippen molar-refractivity contribution in [2.24, 2.45) is 0 Å². The van der Waals surface area contributed by atoms with Crippen LogP contribution in [0.25, 0.3) is 11.2 Å². The molecule has 3 aromatic heterocycles. The predicted molar refractivity (Wildman–Crippen MR) is 123 cm³/mol. The lowest BCUT2D eigenvalue weighted by Gasteiger charge is -2.08. The minimum Gasteiger partial charge on any atom is -0.478 e. The fourth-order valence-electron chi connectivity index (χ4n) is 4.69. The fraction of sp³-hybridized carbons (Fsp3) is 0.320. The first-order chi connectivity index (χ1) is 14.9. The zero-order valence-corrected chi connectivity index (χ0v) is 18.8. The molecule has 1 atom stereocenters. The largest absolute Gasteiger partial charge is 0.478 e. The summed E-state index contributed by atoms with van der Waals surface area (Å²) < 4.78 is 2.26. The van der Waals surface area contributed by atoms with Crippen molar-refractivity contribution in [2.75, 3.05) is 0 Å². The van der Waals surface area contributed by atoms with E-state index in [1.54, 1.807) is 6.07 Å². The van der Waals surface area contributed by atoms with E-state index in [1.807, 2.05) is 30.4 Å². The highest BCUT2D eigenvalue weighted by atomic mass is 32.1. The molecule has 1 aromatic carbocycles. The minimum atomic E-state index is -0.858. The molecule has 0 fully saturated rings. The smallest absolute Gasteiger partial charge is 0.335 e. The predicted octanol–water partition coefficient (Wildman–Crippen LogP) is 5.30. The second-order valence-electron chi connectivity index (χ2n) is 8.42. The molecule has 0 saturated heterocycles. The van der Waals surface area contributed by atoms with E-state index in [-0.39, 0.29) is 0 Å². The highest BCUT2D eigenvalue weighted by Gasteiger charge is 2.25. The number of aryl methyl sites for hydroxylation is 3. The minimum absolute atomic E-state index is 0.378. The van der Waals surface area contributed by atoms with Gasteiger partial charge in [-0.15, -0.1) is 11.3 Å². The van der Waals surface area contributed by atoms with Gasteiger partial charge in [0, 0.05) is 27.8 Å². The van der Waals surface area contributed by atoms with E-state index in [0.29, 0.717) is 11.5 Å². The van der Waals surface area contributed by atoms with Crippen molar-refractivity contribution < 1.29 is 9.90 Å². The van der Waals surface area contributed by atoms with Crippen LogP contribution in [0.3, 0.4) is 0 Å². The number of pyridine rings is 1. The topological polar surface area (TPSA) is 68.0 Å². The number of aromatic carboxylic acids is 1. The van der Waals surface area contributed by atoms with Gasteiger partial charge < -0.3 is 9.67 Å². The number of aromatic nitrogens is 3. The number of fused-ring (bicyclic) bond motifs is 2. The van der Waals surface area contributed by atoms with E-state index >= 15 is 0 Å². The molecule has 5 rings (SSSR count). The van der Waals surface area contributed by atoms with Gasteiger partial charge in [-0.3, -0.25) is 0 Å². The molecule has 6 heteroatoms. The van der Waals surface area contributed by atoms with Gasteiger partial charge in [-0.2, -0.15) is 0 Å². The van der Waals surface area contributed by atoms with Crippen LogP contribution in [0.15, 0.2) is 36.4 Å². The molecule has 0 spiro atoms. The van der Waals surface area contributed by atoms with Crippen molar-refractivity contribution in [1.82, 2.24) is 14.5 Å². The van der Waals surface area contributed by atoms with E-state index in [9.17, 15) is 9.90 Å². The molecule has 0 aliphatic heterocycles. The molecule has 1 aliphatic carbocycles. The molecular weight excluding hydrogens is 406 g/mol. The standard InChI is InChI=1S/C25H25N3O2S/c1-4-22-27-23-14(2)9-15(3)26-24(23)28(22)13-20-7-8-21(31-20)19-10-16-5-6-17(25(29)30)11-18(16)12-19/h5-9,11,19H,4,10,12-13H2,1-3H3,(H,29,30). The van der Waals surface area contributed by atoms with Crippen LogP contribution in [0.1, 0.15) is 61.2 Å². The number of nitrogens with zero attached hydrogens (tertiary/aromatic N) is 3. The average molecular weight is 432 g/mol. The van der Waals surface area contributed by atoms with Crippen LogP contribution in [0.4, 0.5) is 0 Å². The van der Waals surface area contributed by atoms with Crippen LogP contribution in [-0.2, 0) is 25.8 Å². The molecule has 158 valence electrons. The Kier molecular flexibility index (Phi) is 4.89. The molecule has 0 amide bonds. The maximum absolute atomic E-state index is 11.3. The summed E-state index contributed by atoms with van der Waals surface area (Å²) >= 11 is 1.85. The SMILES string of the molecule is CCc1nc2c(C)cc(C)nc2n1Cc1ccc(C2Cc3ccc(C(=O)O)cc3C2)s1. The Morgan fingerprint density at radius 2 is 1.94 bits per heavy atom. The van der Waals surface area contributed by atoms with Gasteiger partial charge in [0.05, 0.1) is 12.1 Å². The summed E-state index contributed by atoms with van der Waals surface area (Å²) in [7, 11) is 0. The number of hydrogen-bond donors (Lipinski definition) is 1. The van der Waals surface area contributed by atoms with Gasteiger partial charge >= 0.3 is 5.97 Å². The van der Waals surface area contributed by atoms with Gasteiger partial charge in [-0.05, 0) is 73.7 Å². The summed E-state index contributed by atoms with van der Waals surface area (Å²) in [6, 6.07) is 12.1. The molecule has 31 heavy (non-hydrogen) atoms. The summed E-state index contributed by atoms with van der Waals surface area (Å²) in [5.74, 6) is 0.634. The first-order valence-electron chi connectivity index (χ1n) is 10.7. The summed E-state index contributed by atoms with van der Waals surface area (Å²) in [5.41, 5.74) is 6.98. The number of rotatable bonds is 5. The number of imidazole rings is 1. The Hall–Kier alpha value is -2.99. The molecule has 4 aromatic rings. The number of benzene rings is 1. The Labute approximate surface area is 185 Å². The van der Waals surface area contributed by atoms with Crippen LogP contribution in [-0.4, -0.2) is 25.6 Å².